The maximum atomic E-state index is 5.67. The van der Waals surface area contributed by atoms with Gasteiger partial charge in [-0.3, -0.25) is 0 Å². The molecule has 0 amide bonds. The van der Waals surface area contributed by atoms with E-state index in [2.05, 4.69) is 9.97 Å². The maximum absolute atomic E-state index is 5.67. The molecule has 0 bridgehead atoms. The molecule has 4 heteroatoms. The van der Waals surface area contributed by atoms with E-state index in [1.54, 1.807) is 6.33 Å². The van der Waals surface area contributed by atoms with Crippen molar-refractivity contribution in [1.82, 2.24) is 14.5 Å². The number of rotatable bonds is 3. The summed E-state index contributed by atoms with van der Waals surface area (Å²) >= 11 is 0. The fourth-order valence-corrected chi connectivity index (χ4v) is 1.80. The highest BCUT2D eigenvalue weighted by Crippen LogP contribution is 2.15. The summed E-state index contributed by atoms with van der Waals surface area (Å²) < 4.78 is 7.55. The molecule has 0 saturated heterocycles. The highest BCUT2D eigenvalue weighted by molar-refractivity contribution is 5.71. The number of fused-ring (bicyclic) bond motifs is 1. The first-order valence-electron chi connectivity index (χ1n) is 5.78. The van der Waals surface area contributed by atoms with E-state index in [4.69, 9.17) is 4.74 Å². The van der Waals surface area contributed by atoms with E-state index in [9.17, 15) is 0 Å². The molecule has 18 heavy (non-hydrogen) atoms. The lowest BCUT2D eigenvalue weighted by Crippen LogP contribution is -1.98. The highest BCUT2D eigenvalue weighted by Gasteiger charge is 2.03. The zero-order valence-electron chi connectivity index (χ0n) is 10.1. The van der Waals surface area contributed by atoms with Gasteiger partial charge >= 0.3 is 0 Å². The van der Waals surface area contributed by atoms with Gasteiger partial charge in [-0.2, -0.15) is 4.98 Å². The Morgan fingerprint density at radius 2 is 1.94 bits per heavy atom. The monoisotopic (exact) mass is 239 g/mol. The van der Waals surface area contributed by atoms with Gasteiger partial charge in [-0.25, -0.2) is 4.98 Å². The zero-order valence-corrected chi connectivity index (χ0v) is 10.1. The summed E-state index contributed by atoms with van der Waals surface area (Å²) in [4.78, 5) is 8.65. The van der Waals surface area contributed by atoms with Gasteiger partial charge in [0, 0.05) is 13.1 Å². The zero-order chi connectivity index (χ0) is 12.4. The van der Waals surface area contributed by atoms with Gasteiger partial charge in [0.15, 0.2) is 5.65 Å². The Balaban J connectivity index is 1.80. The van der Waals surface area contributed by atoms with E-state index in [1.807, 2.05) is 54.1 Å². The molecule has 0 saturated carbocycles. The number of hydrogen-bond acceptors (Lipinski definition) is 3. The third-order valence-corrected chi connectivity index (χ3v) is 2.76. The molecule has 0 fully saturated rings. The van der Waals surface area contributed by atoms with Crippen LogP contribution in [0, 0.1) is 0 Å². The van der Waals surface area contributed by atoms with E-state index in [0.29, 0.717) is 12.5 Å². The van der Waals surface area contributed by atoms with Crippen LogP contribution in [-0.4, -0.2) is 14.5 Å². The van der Waals surface area contributed by atoms with Crippen molar-refractivity contribution in [3.63, 3.8) is 0 Å². The quantitative estimate of drug-likeness (QED) is 0.705. The molecule has 0 unspecified atom stereocenters. The minimum absolute atomic E-state index is 0.525. The summed E-state index contributed by atoms with van der Waals surface area (Å²) in [6, 6.07) is 13.8. The Labute approximate surface area is 105 Å². The van der Waals surface area contributed by atoms with Crippen molar-refractivity contribution in [2.24, 2.45) is 7.05 Å². The van der Waals surface area contributed by atoms with Gasteiger partial charge in [0.2, 0.25) is 5.88 Å². The molecule has 4 nitrogen and oxygen atoms in total. The van der Waals surface area contributed by atoms with Crippen LogP contribution in [0.4, 0.5) is 0 Å². The lowest BCUT2D eigenvalue weighted by atomic mass is 10.2. The normalized spacial score (nSPS) is 10.7. The Morgan fingerprint density at radius 1 is 1.11 bits per heavy atom. The minimum atomic E-state index is 0.525. The average molecular weight is 239 g/mol. The van der Waals surface area contributed by atoms with E-state index in [-0.39, 0.29) is 0 Å². The lowest BCUT2D eigenvalue weighted by Gasteiger charge is -2.05. The first-order chi connectivity index (χ1) is 8.83. The van der Waals surface area contributed by atoms with Crippen LogP contribution >= 0.6 is 0 Å². The standard InChI is InChI=1S/C14H13N3O/c1-17-10-15-12-7-8-13(16-14(12)17)18-9-11-5-3-2-4-6-11/h2-8,10H,9H2,1H3. The predicted octanol–water partition coefficient (Wildman–Crippen LogP) is 2.55. The third-order valence-electron chi connectivity index (χ3n) is 2.76. The minimum Gasteiger partial charge on any atom is -0.473 e. The molecule has 2 heterocycles. The van der Waals surface area contributed by atoms with Crippen LogP contribution in [0.1, 0.15) is 5.56 Å². The molecular weight excluding hydrogens is 226 g/mol. The topological polar surface area (TPSA) is 39.9 Å². The molecule has 0 aliphatic heterocycles. The Hall–Kier alpha value is -2.36. The summed E-state index contributed by atoms with van der Waals surface area (Å²) in [5, 5.41) is 0. The molecule has 0 N–H and O–H groups in total. The van der Waals surface area contributed by atoms with Gasteiger partial charge in [-0.05, 0) is 11.6 Å². The first kappa shape index (κ1) is 10.8. The van der Waals surface area contributed by atoms with E-state index in [0.717, 1.165) is 16.7 Å². The number of aryl methyl sites for hydroxylation is 1. The van der Waals surface area contributed by atoms with Gasteiger partial charge in [-0.1, -0.05) is 30.3 Å². The van der Waals surface area contributed by atoms with Gasteiger partial charge in [-0.15, -0.1) is 0 Å². The molecule has 90 valence electrons. The van der Waals surface area contributed by atoms with Gasteiger partial charge in [0.25, 0.3) is 0 Å². The van der Waals surface area contributed by atoms with Crippen molar-refractivity contribution in [3.05, 3.63) is 54.4 Å². The predicted molar refractivity (Wildman–Crippen MR) is 69.3 cm³/mol. The van der Waals surface area contributed by atoms with Gasteiger partial charge < -0.3 is 9.30 Å². The number of imidazole rings is 1. The number of ether oxygens (including phenoxy) is 1. The second-order valence-corrected chi connectivity index (χ2v) is 4.12. The van der Waals surface area contributed by atoms with Crippen LogP contribution in [0.15, 0.2) is 48.8 Å². The van der Waals surface area contributed by atoms with Crippen LogP contribution < -0.4 is 4.74 Å². The molecule has 0 aliphatic carbocycles. The second-order valence-electron chi connectivity index (χ2n) is 4.12. The molecular formula is C14H13N3O. The van der Waals surface area contributed by atoms with Gasteiger partial charge in [0.05, 0.1) is 6.33 Å². The van der Waals surface area contributed by atoms with E-state index in [1.165, 1.54) is 0 Å². The van der Waals surface area contributed by atoms with Crippen LogP contribution in [0.3, 0.4) is 0 Å². The molecule has 0 aliphatic rings. The van der Waals surface area contributed by atoms with Crippen molar-refractivity contribution in [2.75, 3.05) is 0 Å². The van der Waals surface area contributed by atoms with E-state index >= 15 is 0 Å². The molecule has 1 aromatic carbocycles. The van der Waals surface area contributed by atoms with Crippen LogP contribution in [0.5, 0.6) is 5.88 Å². The summed E-state index contributed by atoms with van der Waals surface area (Å²) in [6.07, 6.45) is 1.75. The third kappa shape index (κ3) is 2.05. The molecule has 2 aromatic heterocycles. The Kier molecular flexibility index (Phi) is 2.68. The molecule has 0 radical (unpaired) electrons. The molecule has 3 aromatic rings. The molecule has 0 spiro atoms. The van der Waals surface area contributed by atoms with Crippen LogP contribution in [-0.2, 0) is 13.7 Å². The van der Waals surface area contributed by atoms with Crippen LogP contribution in [0.2, 0.25) is 0 Å². The summed E-state index contributed by atoms with van der Waals surface area (Å²) in [5.74, 6) is 0.620. The second kappa shape index (κ2) is 4.49. The van der Waals surface area contributed by atoms with E-state index < -0.39 is 0 Å². The van der Waals surface area contributed by atoms with Crippen molar-refractivity contribution in [2.45, 2.75) is 6.61 Å². The van der Waals surface area contributed by atoms with Crippen molar-refractivity contribution in [3.8, 4) is 5.88 Å². The van der Waals surface area contributed by atoms with Crippen molar-refractivity contribution < 1.29 is 4.74 Å². The first-order valence-corrected chi connectivity index (χ1v) is 5.78. The highest BCUT2D eigenvalue weighted by atomic mass is 16.5. The van der Waals surface area contributed by atoms with Gasteiger partial charge in [0.1, 0.15) is 12.1 Å². The smallest absolute Gasteiger partial charge is 0.215 e. The lowest BCUT2D eigenvalue weighted by molar-refractivity contribution is 0.295. The number of aromatic nitrogens is 3. The molecule has 0 atom stereocenters. The maximum Gasteiger partial charge on any atom is 0.215 e. The number of pyridine rings is 1. The fourth-order valence-electron chi connectivity index (χ4n) is 1.80. The fraction of sp³-hybridized carbons (Fsp3) is 0.143. The summed E-state index contributed by atoms with van der Waals surface area (Å²) in [6.45, 7) is 0.525. The summed E-state index contributed by atoms with van der Waals surface area (Å²) in [7, 11) is 1.92. The molecule has 3 rings (SSSR count). The average Bonchev–Trinajstić information content (AvgIpc) is 2.79. The summed E-state index contributed by atoms with van der Waals surface area (Å²) in [5.41, 5.74) is 2.84. The number of hydrogen-bond donors (Lipinski definition) is 0. The SMILES string of the molecule is Cn1cnc2ccc(OCc3ccccc3)nc21. The number of benzene rings is 1. The Bertz CT molecular complexity index is 661. The number of nitrogens with zero attached hydrogens (tertiary/aromatic N) is 3. The van der Waals surface area contributed by atoms with Crippen molar-refractivity contribution in [1.29, 1.82) is 0 Å². The Morgan fingerprint density at radius 3 is 2.78 bits per heavy atom. The van der Waals surface area contributed by atoms with Crippen molar-refractivity contribution >= 4 is 11.2 Å². The largest absolute Gasteiger partial charge is 0.473 e. The van der Waals surface area contributed by atoms with Crippen LogP contribution in [0.25, 0.3) is 11.2 Å².